The highest BCUT2D eigenvalue weighted by Gasteiger charge is 2.41. The van der Waals surface area contributed by atoms with Gasteiger partial charge in [0.25, 0.3) is 0 Å². The summed E-state index contributed by atoms with van der Waals surface area (Å²) in [5, 5.41) is 3.27. The summed E-state index contributed by atoms with van der Waals surface area (Å²) in [7, 11) is 1.88. The van der Waals surface area contributed by atoms with E-state index < -0.39 is 11.6 Å². The number of rotatable bonds is 6. The zero-order valence-electron chi connectivity index (χ0n) is 12.2. The van der Waals surface area contributed by atoms with Gasteiger partial charge in [-0.15, -0.1) is 0 Å². The van der Waals surface area contributed by atoms with Gasteiger partial charge in [-0.05, 0) is 44.9 Å². The average molecular weight is 283 g/mol. The summed E-state index contributed by atoms with van der Waals surface area (Å²) < 4.78 is 32.8. The fourth-order valence-electron chi connectivity index (χ4n) is 3.31. The van der Waals surface area contributed by atoms with Crippen molar-refractivity contribution in [2.24, 2.45) is 0 Å². The molecule has 1 aromatic rings. The van der Waals surface area contributed by atoms with Crippen molar-refractivity contribution in [2.75, 3.05) is 13.7 Å². The van der Waals surface area contributed by atoms with E-state index in [1.165, 1.54) is 12.1 Å². The molecule has 0 aromatic heterocycles. The van der Waals surface area contributed by atoms with Gasteiger partial charge in [-0.25, -0.2) is 8.78 Å². The average Bonchev–Trinajstić information content (AvgIpc) is 2.88. The lowest BCUT2D eigenvalue weighted by Crippen LogP contribution is -2.51. The first-order valence-electron chi connectivity index (χ1n) is 7.36. The highest BCUT2D eigenvalue weighted by molar-refractivity contribution is 5.21. The summed E-state index contributed by atoms with van der Waals surface area (Å²) in [6.45, 7) is 2.65. The van der Waals surface area contributed by atoms with Crippen LogP contribution in [0.3, 0.4) is 0 Å². The van der Waals surface area contributed by atoms with Crippen molar-refractivity contribution < 1.29 is 13.5 Å². The minimum absolute atomic E-state index is 0.0462. The van der Waals surface area contributed by atoms with Gasteiger partial charge in [0.05, 0.1) is 5.60 Å². The molecule has 1 aromatic carbocycles. The van der Waals surface area contributed by atoms with Gasteiger partial charge in [-0.1, -0.05) is 18.9 Å². The lowest BCUT2D eigenvalue weighted by atomic mass is 9.87. The van der Waals surface area contributed by atoms with Gasteiger partial charge >= 0.3 is 0 Å². The normalized spacial score (nSPS) is 19.2. The predicted octanol–water partition coefficient (Wildman–Crippen LogP) is 3.44. The molecule has 1 saturated carbocycles. The maximum Gasteiger partial charge on any atom is 0.129 e. The van der Waals surface area contributed by atoms with Crippen molar-refractivity contribution in [3.05, 3.63) is 35.4 Å². The number of ether oxygens (including phenoxy) is 1. The summed E-state index contributed by atoms with van der Waals surface area (Å²) in [6, 6.07) is 3.84. The molecule has 4 heteroatoms. The molecule has 0 saturated heterocycles. The van der Waals surface area contributed by atoms with Gasteiger partial charge in [0.1, 0.15) is 11.6 Å². The Morgan fingerprint density at radius 2 is 2.00 bits per heavy atom. The Morgan fingerprint density at radius 3 is 2.55 bits per heavy atom. The summed E-state index contributed by atoms with van der Waals surface area (Å²) in [4.78, 5) is 0. The van der Waals surface area contributed by atoms with E-state index in [1.54, 1.807) is 0 Å². The van der Waals surface area contributed by atoms with Crippen molar-refractivity contribution in [1.82, 2.24) is 5.32 Å². The van der Waals surface area contributed by atoms with E-state index in [4.69, 9.17) is 4.74 Å². The van der Waals surface area contributed by atoms with Gasteiger partial charge < -0.3 is 10.1 Å². The second-order valence-corrected chi connectivity index (χ2v) is 5.49. The van der Waals surface area contributed by atoms with Crippen molar-refractivity contribution in [1.29, 1.82) is 0 Å². The van der Waals surface area contributed by atoms with E-state index >= 15 is 0 Å². The predicted molar refractivity (Wildman–Crippen MR) is 75.7 cm³/mol. The van der Waals surface area contributed by atoms with Crippen LogP contribution in [-0.2, 0) is 11.2 Å². The summed E-state index contributed by atoms with van der Waals surface area (Å²) in [5.74, 6) is -1.01. The van der Waals surface area contributed by atoms with Crippen LogP contribution in [0.5, 0.6) is 0 Å². The minimum atomic E-state index is -0.535. The summed E-state index contributed by atoms with van der Waals surface area (Å²) in [5.41, 5.74) is 0.321. The molecule has 20 heavy (non-hydrogen) atoms. The van der Waals surface area contributed by atoms with Crippen molar-refractivity contribution >= 4 is 0 Å². The molecule has 1 aliphatic carbocycles. The van der Waals surface area contributed by atoms with Gasteiger partial charge in [-0.2, -0.15) is 0 Å². The number of likely N-dealkylation sites (N-methyl/N-ethyl adjacent to an activating group) is 1. The van der Waals surface area contributed by atoms with Crippen LogP contribution in [0.15, 0.2) is 18.2 Å². The van der Waals surface area contributed by atoms with Crippen LogP contribution in [0.25, 0.3) is 0 Å². The van der Waals surface area contributed by atoms with Crippen LogP contribution in [0.2, 0.25) is 0 Å². The van der Waals surface area contributed by atoms with Crippen molar-refractivity contribution in [3.8, 4) is 0 Å². The Bertz CT molecular complexity index is 444. The molecule has 0 radical (unpaired) electrons. The van der Waals surface area contributed by atoms with Gasteiger partial charge in [0, 0.05) is 18.7 Å². The maximum atomic E-state index is 13.8. The Morgan fingerprint density at radius 1 is 1.30 bits per heavy atom. The summed E-state index contributed by atoms with van der Waals surface area (Å²) in [6.07, 6.45) is 4.79. The van der Waals surface area contributed by atoms with Crippen LogP contribution in [-0.4, -0.2) is 25.3 Å². The third kappa shape index (κ3) is 3.18. The quantitative estimate of drug-likeness (QED) is 0.863. The van der Waals surface area contributed by atoms with Crippen LogP contribution in [0.4, 0.5) is 8.78 Å². The first-order chi connectivity index (χ1) is 9.61. The molecule has 1 aliphatic rings. The van der Waals surface area contributed by atoms with E-state index in [0.29, 0.717) is 18.6 Å². The van der Waals surface area contributed by atoms with Crippen LogP contribution in [0, 0.1) is 11.6 Å². The molecule has 2 nitrogen and oxygen atoms in total. The minimum Gasteiger partial charge on any atom is -0.374 e. The fraction of sp³-hybridized carbons (Fsp3) is 0.625. The van der Waals surface area contributed by atoms with Gasteiger partial charge in [0.15, 0.2) is 0 Å². The number of hydrogen-bond donors (Lipinski definition) is 1. The lowest BCUT2D eigenvalue weighted by molar-refractivity contribution is -0.0598. The molecule has 1 unspecified atom stereocenters. The number of nitrogens with one attached hydrogen (secondary N) is 1. The standard InChI is InChI=1S/C16H23F2NO/c1-3-20-16(8-4-5-9-16)15(19-2)10-12-6-7-13(17)11-14(12)18/h6-7,11,15,19H,3-5,8-10H2,1-2H3. The number of halogens is 2. The van der Waals surface area contributed by atoms with Crippen molar-refractivity contribution in [3.63, 3.8) is 0 Å². The smallest absolute Gasteiger partial charge is 0.129 e. The molecule has 0 bridgehead atoms. The Labute approximate surface area is 119 Å². The third-order valence-electron chi connectivity index (χ3n) is 4.30. The van der Waals surface area contributed by atoms with E-state index in [9.17, 15) is 8.78 Å². The summed E-state index contributed by atoms with van der Waals surface area (Å²) >= 11 is 0. The molecule has 112 valence electrons. The monoisotopic (exact) mass is 283 g/mol. The first kappa shape index (κ1) is 15.4. The van der Waals surface area contributed by atoms with Gasteiger partial charge in [0.2, 0.25) is 0 Å². The molecule has 0 spiro atoms. The molecule has 1 N–H and O–H groups in total. The third-order valence-corrected chi connectivity index (χ3v) is 4.30. The SMILES string of the molecule is CCOC1(C(Cc2ccc(F)cc2F)NC)CCCC1. The van der Waals surface area contributed by atoms with E-state index in [1.807, 2.05) is 14.0 Å². The Kier molecular flexibility index (Phi) is 5.11. The van der Waals surface area contributed by atoms with Crippen LogP contribution >= 0.6 is 0 Å². The molecule has 1 fully saturated rings. The van der Waals surface area contributed by atoms with E-state index in [2.05, 4.69) is 5.32 Å². The van der Waals surface area contributed by atoms with E-state index in [0.717, 1.165) is 31.7 Å². The van der Waals surface area contributed by atoms with E-state index in [-0.39, 0.29) is 11.6 Å². The molecule has 0 heterocycles. The molecule has 2 rings (SSSR count). The zero-order chi connectivity index (χ0) is 14.6. The maximum absolute atomic E-state index is 13.8. The Balaban J connectivity index is 2.18. The molecule has 0 amide bonds. The molecular weight excluding hydrogens is 260 g/mol. The largest absolute Gasteiger partial charge is 0.374 e. The van der Waals surface area contributed by atoms with Crippen LogP contribution in [0.1, 0.15) is 38.2 Å². The Hall–Kier alpha value is -1.00. The first-order valence-corrected chi connectivity index (χ1v) is 7.36. The molecule has 0 aliphatic heterocycles. The zero-order valence-corrected chi connectivity index (χ0v) is 12.2. The number of hydrogen-bond acceptors (Lipinski definition) is 2. The van der Waals surface area contributed by atoms with Gasteiger partial charge in [-0.3, -0.25) is 0 Å². The fourth-order valence-corrected chi connectivity index (χ4v) is 3.31. The second-order valence-electron chi connectivity index (χ2n) is 5.49. The topological polar surface area (TPSA) is 21.3 Å². The second kappa shape index (κ2) is 6.64. The van der Waals surface area contributed by atoms with Crippen LogP contribution < -0.4 is 5.32 Å². The molecular formula is C16H23F2NO. The molecule has 1 atom stereocenters. The number of benzene rings is 1. The van der Waals surface area contributed by atoms with Crippen molar-refractivity contribution in [2.45, 2.75) is 50.7 Å². The highest BCUT2D eigenvalue weighted by atomic mass is 19.1. The highest BCUT2D eigenvalue weighted by Crippen LogP contribution is 2.37. The lowest BCUT2D eigenvalue weighted by Gasteiger charge is -2.37.